The standard InChI is InChI=1S/C4H4BrN3/c5-3-1-2-4(6)8-7/h2,6H2. The number of halogens is 1. The van der Waals surface area contributed by atoms with Crippen molar-refractivity contribution < 1.29 is 4.79 Å². The van der Waals surface area contributed by atoms with Crippen molar-refractivity contribution in [3.8, 4) is 10.8 Å². The zero-order valence-electron chi connectivity index (χ0n) is 4.06. The summed E-state index contributed by atoms with van der Waals surface area (Å²) in [4.78, 5) is 5.12. The monoisotopic (exact) mass is 173 g/mol. The van der Waals surface area contributed by atoms with Gasteiger partial charge < -0.3 is 10.3 Å². The first-order valence-electron chi connectivity index (χ1n) is 1.86. The molecule has 0 saturated heterocycles. The van der Waals surface area contributed by atoms with Crippen LogP contribution in [-0.4, -0.2) is 10.6 Å². The van der Waals surface area contributed by atoms with Gasteiger partial charge in [-0.05, 0) is 4.83 Å². The Kier molecular flexibility index (Phi) is 3.95. The predicted molar refractivity (Wildman–Crippen MR) is 34.1 cm³/mol. The van der Waals surface area contributed by atoms with Gasteiger partial charge in [-0.15, -0.1) is 0 Å². The van der Waals surface area contributed by atoms with Crippen LogP contribution in [0.4, 0.5) is 0 Å². The fourth-order valence-corrected chi connectivity index (χ4v) is 0.300. The second-order valence-corrected chi connectivity index (χ2v) is 1.44. The molecule has 8 heavy (non-hydrogen) atoms. The van der Waals surface area contributed by atoms with Gasteiger partial charge in [0.25, 0.3) is 0 Å². The molecular weight excluding hydrogens is 170 g/mol. The Morgan fingerprint density at radius 2 is 2.50 bits per heavy atom. The van der Waals surface area contributed by atoms with Crippen molar-refractivity contribution in [1.82, 2.24) is 0 Å². The molecule has 0 unspecified atom stereocenters. The van der Waals surface area contributed by atoms with Crippen molar-refractivity contribution in [2.24, 2.45) is 5.73 Å². The van der Waals surface area contributed by atoms with Crippen LogP contribution in [0.25, 0.3) is 5.53 Å². The summed E-state index contributed by atoms with van der Waals surface area (Å²) >= 11 is 2.85. The molecule has 0 bridgehead atoms. The highest BCUT2D eigenvalue weighted by Gasteiger charge is 1.89. The minimum atomic E-state index is 0.122. The quantitative estimate of drug-likeness (QED) is 0.201. The van der Waals surface area contributed by atoms with Gasteiger partial charge >= 0.3 is 5.84 Å². The highest BCUT2D eigenvalue weighted by atomic mass is 79.9. The Balaban J connectivity index is 3.68. The molecule has 0 aromatic carbocycles. The third-order valence-corrected chi connectivity index (χ3v) is 0.745. The van der Waals surface area contributed by atoms with Gasteiger partial charge in [0.2, 0.25) is 0 Å². The average molecular weight is 174 g/mol. The number of hydrogen-bond acceptors (Lipinski definition) is 0. The third-order valence-electron chi connectivity index (χ3n) is 0.465. The minimum Gasteiger partial charge on any atom is -0.497 e. The highest BCUT2D eigenvalue weighted by molar-refractivity contribution is 9.12. The van der Waals surface area contributed by atoms with E-state index in [-0.39, 0.29) is 5.84 Å². The molecule has 42 valence electrons. The van der Waals surface area contributed by atoms with E-state index in [0.29, 0.717) is 6.42 Å². The molecule has 0 radical (unpaired) electrons. The molecule has 0 aliphatic carbocycles. The summed E-state index contributed by atoms with van der Waals surface area (Å²) in [6.07, 6.45) is 0.293. The number of rotatable bonds is 1. The Morgan fingerprint density at radius 1 is 1.88 bits per heavy atom. The van der Waals surface area contributed by atoms with Crippen LogP contribution in [0.1, 0.15) is 6.42 Å². The van der Waals surface area contributed by atoms with Gasteiger partial charge in [0.05, 0.1) is 0 Å². The van der Waals surface area contributed by atoms with Crippen molar-refractivity contribution in [2.45, 2.75) is 6.42 Å². The molecule has 0 spiro atoms. The maximum absolute atomic E-state index is 7.94. The lowest BCUT2D eigenvalue weighted by Crippen LogP contribution is -2.10. The molecule has 0 heterocycles. The van der Waals surface area contributed by atoms with E-state index in [9.17, 15) is 0 Å². The predicted octanol–water partition coefficient (Wildman–Crippen LogP) is 0.319. The second-order valence-electron chi connectivity index (χ2n) is 1.04. The van der Waals surface area contributed by atoms with Crippen molar-refractivity contribution >= 4 is 21.8 Å². The lowest BCUT2D eigenvalue weighted by molar-refractivity contribution is -0.00881. The van der Waals surface area contributed by atoms with E-state index in [1.54, 1.807) is 0 Å². The fraction of sp³-hybridized carbons (Fsp3) is 0.250. The Labute approximate surface area is 55.6 Å². The molecule has 0 rings (SSSR count). The van der Waals surface area contributed by atoms with Crippen LogP contribution < -0.4 is 5.73 Å². The first-order chi connectivity index (χ1) is 3.81. The van der Waals surface area contributed by atoms with Crippen molar-refractivity contribution in [2.75, 3.05) is 0 Å². The van der Waals surface area contributed by atoms with Gasteiger partial charge in [0.15, 0.2) is 0 Å². The maximum atomic E-state index is 7.94. The van der Waals surface area contributed by atoms with Gasteiger partial charge in [-0.25, -0.2) is 0 Å². The molecule has 3 nitrogen and oxygen atoms in total. The van der Waals surface area contributed by atoms with Gasteiger partial charge in [0.1, 0.15) is 6.42 Å². The zero-order chi connectivity index (χ0) is 6.41. The normalized spacial score (nSPS) is 6.12. The molecule has 4 heteroatoms. The third kappa shape index (κ3) is 3.41. The van der Waals surface area contributed by atoms with E-state index in [0.717, 1.165) is 0 Å². The van der Waals surface area contributed by atoms with E-state index in [2.05, 4.69) is 31.5 Å². The number of amidine groups is 1. The topological polar surface area (TPSA) is 62.4 Å². The Hall–Kier alpha value is -0.780. The minimum absolute atomic E-state index is 0.122. The van der Waals surface area contributed by atoms with E-state index in [4.69, 9.17) is 11.3 Å². The molecule has 0 atom stereocenters. The highest BCUT2D eigenvalue weighted by Crippen LogP contribution is 1.74. The van der Waals surface area contributed by atoms with Crippen LogP contribution in [0.5, 0.6) is 0 Å². The lowest BCUT2D eigenvalue weighted by Gasteiger charge is -1.73. The maximum Gasteiger partial charge on any atom is 0.336 e. The summed E-state index contributed by atoms with van der Waals surface area (Å²) in [5.74, 6) is 2.67. The van der Waals surface area contributed by atoms with Crippen molar-refractivity contribution in [3.05, 3.63) is 5.53 Å². The van der Waals surface area contributed by atoms with E-state index in [1.165, 1.54) is 0 Å². The molecule has 0 amide bonds. The molecule has 0 saturated carbocycles. The van der Waals surface area contributed by atoms with E-state index in [1.807, 2.05) is 0 Å². The van der Waals surface area contributed by atoms with Crippen molar-refractivity contribution in [1.29, 1.82) is 0 Å². The summed E-state index contributed by atoms with van der Waals surface area (Å²) in [7, 11) is 0. The van der Waals surface area contributed by atoms with E-state index < -0.39 is 0 Å². The van der Waals surface area contributed by atoms with Crippen LogP contribution in [0, 0.1) is 10.8 Å². The smallest absolute Gasteiger partial charge is 0.336 e. The van der Waals surface area contributed by atoms with Crippen LogP contribution in [-0.2, 0) is 0 Å². The summed E-state index contributed by atoms with van der Waals surface area (Å²) in [5.41, 5.74) is 13.0. The van der Waals surface area contributed by atoms with Crippen LogP contribution in [0.15, 0.2) is 0 Å². The summed E-state index contributed by atoms with van der Waals surface area (Å²) in [6.45, 7) is 0. The second kappa shape index (κ2) is 4.38. The van der Waals surface area contributed by atoms with E-state index >= 15 is 0 Å². The molecular formula is C4H4BrN3. The van der Waals surface area contributed by atoms with Crippen LogP contribution in [0.3, 0.4) is 0 Å². The SMILES string of the molecule is [N-]=[N+]=C(N)CC#CBr. The Morgan fingerprint density at radius 3 is 2.88 bits per heavy atom. The molecule has 0 aliphatic rings. The lowest BCUT2D eigenvalue weighted by atomic mass is 10.4. The molecule has 0 aromatic heterocycles. The molecule has 2 N–H and O–H groups in total. The summed E-state index contributed by atoms with van der Waals surface area (Å²) in [6, 6.07) is 0. The molecule has 0 aromatic rings. The van der Waals surface area contributed by atoms with Crippen molar-refractivity contribution in [3.63, 3.8) is 0 Å². The zero-order valence-corrected chi connectivity index (χ0v) is 5.64. The largest absolute Gasteiger partial charge is 0.497 e. The molecule has 0 fully saturated rings. The summed E-state index contributed by atoms with van der Waals surface area (Å²) < 4.78 is 0. The fourth-order valence-electron chi connectivity index (χ4n) is 0.159. The first-order valence-corrected chi connectivity index (χ1v) is 2.65. The van der Waals surface area contributed by atoms with Crippen LogP contribution in [0.2, 0.25) is 0 Å². The summed E-state index contributed by atoms with van der Waals surface area (Å²) in [5, 5.41) is 0. The number of hydrogen-bond donors (Lipinski definition) is 1. The first kappa shape index (κ1) is 7.22. The number of nitrogens with zero attached hydrogens (tertiary/aromatic N) is 2. The van der Waals surface area contributed by atoms with Crippen LogP contribution >= 0.6 is 15.9 Å². The van der Waals surface area contributed by atoms with Gasteiger partial charge in [-0.2, -0.15) is 0 Å². The average Bonchev–Trinajstić information content (AvgIpc) is 1.83. The van der Waals surface area contributed by atoms with Gasteiger partial charge in [-0.3, -0.25) is 5.73 Å². The Bertz CT molecular complexity index is 169. The number of nitrogens with two attached hydrogens (primary N) is 1. The van der Waals surface area contributed by atoms with Gasteiger partial charge in [-0.1, -0.05) is 5.92 Å². The molecule has 0 aliphatic heterocycles. The van der Waals surface area contributed by atoms with Gasteiger partial charge in [0, 0.05) is 15.9 Å².